The molecule has 0 radical (unpaired) electrons. The van der Waals surface area contributed by atoms with E-state index in [1.807, 2.05) is 18.2 Å². The van der Waals surface area contributed by atoms with E-state index in [-0.39, 0.29) is 6.04 Å². The summed E-state index contributed by atoms with van der Waals surface area (Å²) >= 11 is 1.70. The lowest BCUT2D eigenvalue weighted by Gasteiger charge is -2.28. The molecule has 7 heteroatoms. The molecule has 3 N–H and O–H groups in total. The maximum atomic E-state index is 6.13. The molecule has 1 aromatic heterocycles. The molecule has 0 aliphatic heterocycles. The second-order valence-corrected chi connectivity index (χ2v) is 6.49. The zero-order chi connectivity index (χ0) is 18.9. The summed E-state index contributed by atoms with van der Waals surface area (Å²) in [7, 11) is 3.24. The van der Waals surface area contributed by atoms with Crippen molar-refractivity contribution in [1.82, 2.24) is 4.90 Å². The molecular formula is C19H28N4O2S. The Morgan fingerprint density at radius 3 is 2.58 bits per heavy atom. The van der Waals surface area contributed by atoms with Crippen molar-refractivity contribution >= 4 is 23.0 Å². The van der Waals surface area contributed by atoms with Crippen molar-refractivity contribution in [1.29, 1.82) is 0 Å². The number of rotatable bonds is 9. The van der Waals surface area contributed by atoms with Gasteiger partial charge in [0.25, 0.3) is 0 Å². The van der Waals surface area contributed by atoms with Crippen molar-refractivity contribution in [3.05, 3.63) is 40.6 Å². The van der Waals surface area contributed by atoms with E-state index in [0.717, 1.165) is 24.5 Å². The first-order chi connectivity index (χ1) is 12.6. The Morgan fingerprint density at radius 2 is 2.00 bits per heavy atom. The molecule has 0 aliphatic rings. The SMILES string of the molecule is CCN(CC)C(CN=C(N)Nc1cc(OC)ccc1OC)c1ccsc1. The Hall–Kier alpha value is -2.25. The fourth-order valence-electron chi connectivity index (χ4n) is 2.83. The van der Waals surface area contributed by atoms with Crippen LogP contribution in [0.5, 0.6) is 11.5 Å². The molecule has 2 rings (SSSR count). The molecular weight excluding hydrogens is 348 g/mol. The third-order valence-electron chi connectivity index (χ3n) is 4.29. The third-order valence-corrected chi connectivity index (χ3v) is 4.99. The van der Waals surface area contributed by atoms with Crippen LogP contribution in [0.15, 0.2) is 40.0 Å². The Bertz CT molecular complexity index is 700. The molecule has 0 bridgehead atoms. The molecule has 0 spiro atoms. The topological polar surface area (TPSA) is 72.1 Å². The molecule has 2 aromatic rings. The van der Waals surface area contributed by atoms with E-state index in [9.17, 15) is 0 Å². The summed E-state index contributed by atoms with van der Waals surface area (Å²) in [5, 5.41) is 7.39. The number of nitrogens with two attached hydrogens (primary N) is 1. The molecule has 6 nitrogen and oxygen atoms in total. The van der Waals surface area contributed by atoms with Crippen LogP contribution in [0.25, 0.3) is 0 Å². The van der Waals surface area contributed by atoms with Gasteiger partial charge in [-0.05, 0) is 47.6 Å². The van der Waals surface area contributed by atoms with Gasteiger partial charge in [-0.2, -0.15) is 11.3 Å². The predicted octanol–water partition coefficient (Wildman–Crippen LogP) is 3.58. The van der Waals surface area contributed by atoms with Crippen LogP contribution in [0.3, 0.4) is 0 Å². The number of benzene rings is 1. The minimum atomic E-state index is 0.212. The molecule has 142 valence electrons. The Morgan fingerprint density at radius 1 is 1.23 bits per heavy atom. The molecule has 1 unspecified atom stereocenters. The number of likely N-dealkylation sites (N-methyl/N-ethyl adjacent to an activating group) is 1. The first kappa shape index (κ1) is 20.1. The maximum absolute atomic E-state index is 6.13. The van der Waals surface area contributed by atoms with Crippen molar-refractivity contribution in [3.8, 4) is 11.5 Å². The fraction of sp³-hybridized carbons (Fsp3) is 0.421. The first-order valence-electron chi connectivity index (χ1n) is 8.68. The molecule has 26 heavy (non-hydrogen) atoms. The van der Waals surface area contributed by atoms with Gasteiger partial charge in [0.1, 0.15) is 11.5 Å². The fourth-order valence-corrected chi connectivity index (χ4v) is 3.54. The van der Waals surface area contributed by atoms with Gasteiger partial charge < -0.3 is 20.5 Å². The third kappa shape index (κ3) is 5.12. The summed E-state index contributed by atoms with van der Waals surface area (Å²) in [6.07, 6.45) is 0. The monoisotopic (exact) mass is 376 g/mol. The van der Waals surface area contributed by atoms with Crippen molar-refractivity contribution in [2.75, 3.05) is 39.2 Å². The van der Waals surface area contributed by atoms with E-state index in [2.05, 4.69) is 45.9 Å². The number of anilines is 1. The van der Waals surface area contributed by atoms with Crippen LogP contribution in [0.2, 0.25) is 0 Å². The van der Waals surface area contributed by atoms with Gasteiger partial charge in [0.2, 0.25) is 0 Å². The van der Waals surface area contributed by atoms with Gasteiger partial charge in [0.05, 0.1) is 32.5 Å². The second kappa shape index (κ2) is 10.0. The zero-order valence-electron chi connectivity index (χ0n) is 15.9. The molecule has 0 aliphatic carbocycles. The number of nitrogens with one attached hydrogen (secondary N) is 1. The van der Waals surface area contributed by atoms with E-state index in [1.54, 1.807) is 25.6 Å². The van der Waals surface area contributed by atoms with Crippen LogP contribution in [0.1, 0.15) is 25.5 Å². The van der Waals surface area contributed by atoms with Gasteiger partial charge >= 0.3 is 0 Å². The second-order valence-electron chi connectivity index (χ2n) is 5.71. The molecule has 1 aromatic carbocycles. The van der Waals surface area contributed by atoms with E-state index >= 15 is 0 Å². The van der Waals surface area contributed by atoms with Crippen molar-refractivity contribution < 1.29 is 9.47 Å². The van der Waals surface area contributed by atoms with Crippen LogP contribution < -0.4 is 20.5 Å². The Kier molecular flexibility index (Phi) is 7.74. The normalized spacial score (nSPS) is 12.9. The standard InChI is InChI=1S/C19H28N4O2S/c1-5-23(6-2)17(14-9-10-26-13-14)12-21-19(20)22-16-11-15(24-3)7-8-18(16)25-4/h7-11,13,17H,5-6,12H2,1-4H3,(H3,20,21,22). The number of methoxy groups -OCH3 is 2. The van der Waals surface area contributed by atoms with E-state index in [1.165, 1.54) is 5.56 Å². The Labute approximate surface area is 159 Å². The van der Waals surface area contributed by atoms with E-state index < -0.39 is 0 Å². The number of guanidine groups is 1. The quantitative estimate of drug-likeness (QED) is 0.517. The van der Waals surface area contributed by atoms with Crippen LogP contribution in [-0.2, 0) is 0 Å². The predicted molar refractivity (Wildman–Crippen MR) is 110 cm³/mol. The molecule has 0 fully saturated rings. The summed E-state index contributed by atoms with van der Waals surface area (Å²) in [4.78, 5) is 6.95. The number of thiophene rings is 1. The summed E-state index contributed by atoms with van der Waals surface area (Å²) in [6, 6.07) is 7.87. The lowest BCUT2D eigenvalue weighted by molar-refractivity contribution is 0.225. The average molecular weight is 377 g/mol. The number of hydrogen-bond acceptors (Lipinski definition) is 5. The number of ether oxygens (including phenoxy) is 2. The van der Waals surface area contributed by atoms with E-state index in [4.69, 9.17) is 15.2 Å². The van der Waals surface area contributed by atoms with Crippen molar-refractivity contribution in [2.45, 2.75) is 19.9 Å². The van der Waals surface area contributed by atoms with Crippen LogP contribution >= 0.6 is 11.3 Å². The van der Waals surface area contributed by atoms with Crippen molar-refractivity contribution in [3.63, 3.8) is 0 Å². The summed E-state index contributed by atoms with van der Waals surface area (Å²) in [5.41, 5.74) is 8.13. The van der Waals surface area contributed by atoms with Crippen molar-refractivity contribution in [2.24, 2.45) is 10.7 Å². The van der Waals surface area contributed by atoms with Gasteiger partial charge in [-0.15, -0.1) is 0 Å². The highest BCUT2D eigenvalue weighted by molar-refractivity contribution is 7.07. The zero-order valence-corrected chi connectivity index (χ0v) is 16.7. The highest BCUT2D eigenvalue weighted by Crippen LogP contribution is 2.29. The molecule has 1 atom stereocenters. The molecule has 0 amide bonds. The minimum absolute atomic E-state index is 0.212. The van der Waals surface area contributed by atoms with Gasteiger partial charge in [-0.3, -0.25) is 9.89 Å². The lowest BCUT2D eigenvalue weighted by Crippen LogP contribution is -2.31. The number of aliphatic imine (C=N–C) groups is 1. The summed E-state index contributed by atoms with van der Waals surface area (Å²) in [5.74, 6) is 1.76. The Balaban J connectivity index is 2.15. The van der Waals surface area contributed by atoms with Gasteiger partial charge in [0.15, 0.2) is 5.96 Å². The van der Waals surface area contributed by atoms with Crippen LogP contribution in [-0.4, -0.2) is 44.7 Å². The van der Waals surface area contributed by atoms with Gasteiger partial charge in [-0.1, -0.05) is 13.8 Å². The first-order valence-corrected chi connectivity index (χ1v) is 9.62. The smallest absolute Gasteiger partial charge is 0.193 e. The highest BCUT2D eigenvalue weighted by Gasteiger charge is 2.18. The summed E-state index contributed by atoms with van der Waals surface area (Å²) in [6.45, 7) is 6.83. The van der Waals surface area contributed by atoms with Crippen LogP contribution in [0, 0.1) is 0 Å². The largest absolute Gasteiger partial charge is 0.497 e. The molecule has 1 heterocycles. The van der Waals surface area contributed by atoms with Crippen LogP contribution in [0.4, 0.5) is 5.69 Å². The maximum Gasteiger partial charge on any atom is 0.193 e. The number of nitrogens with zero attached hydrogens (tertiary/aromatic N) is 2. The van der Waals surface area contributed by atoms with Gasteiger partial charge in [0, 0.05) is 6.07 Å². The minimum Gasteiger partial charge on any atom is -0.497 e. The van der Waals surface area contributed by atoms with Gasteiger partial charge in [-0.25, -0.2) is 0 Å². The average Bonchev–Trinajstić information content (AvgIpc) is 3.19. The molecule has 0 saturated heterocycles. The molecule has 0 saturated carbocycles. The highest BCUT2D eigenvalue weighted by atomic mass is 32.1. The number of hydrogen-bond donors (Lipinski definition) is 2. The lowest BCUT2D eigenvalue weighted by atomic mass is 10.1. The van der Waals surface area contributed by atoms with E-state index in [0.29, 0.717) is 18.3 Å². The summed E-state index contributed by atoms with van der Waals surface area (Å²) < 4.78 is 10.6.